The van der Waals surface area contributed by atoms with Crippen LogP contribution in [-0.4, -0.2) is 18.1 Å². The van der Waals surface area contributed by atoms with Crippen LogP contribution >= 0.6 is 0 Å². The highest BCUT2D eigenvalue weighted by atomic mass is 19.4. The number of carbonyl (C=O) groups excluding carboxylic acids is 1. The largest absolute Gasteiger partial charge is 0.460 e. The van der Waals surface area contributed by atoms with Gasteiger partial charge < -0.3 is 10.5 Å². The summed E-state index contributed by atoms with van der Waals surface area (Å²) in [5, 5.41) is 0. The molecule has 0 spiro atoms. The van der Waals surface area contributed by atoms with E-state index in [1.165, 1.54) is 12.1 Å². The lowest BCUT2D eigenvalue weighted by Crippen LogP contribution is -2.33. The van der Waals surface area contributed by atoms with Crippen LogP contribution in [0.15, 0.2) is 24.3 Å². The van der Waals surface area contributed by atoms with Gasteiger partial charge in [0.2, 0.25) is 0 Å². The molecule has 118 valence electrons. The third kappa shape index (κ3) is 5.75. The molecule has 1 rings (SSSR count). The average Bonchev–Trinajstić information content (AvgIpc) is 2.33. The molecule has 21 heavy (non-hydrogen) atoms. The van der Waals surface area contributed by atoms with Gasteiger partial charge in [-0.1, -0.05) is 12.1 Å². The maximum atomic E-state index is 12.5. The molecule has 0 fully saturated rings. The van der Waals surface area contributed by atoms with Crippen molar-refractivity contribution in [3.05, 3.63) is 35.4 Å². The van der Waals surface area contributed by atoms with E-state index in [0.717, 1.165) is 12.1 Å². The molecular weight excluding hydrogens is 283 g/mol. The summed E-state index contributed by atoms with van der Waals surface area (Å²) < 4.78 is 42.6. The molecular formula is C15H20F3NO2. The van der Waals surface area contributed by atoms with Crippen LogP contribution in [0.25, 0.3) is 0 Å². The maximum absolute atomic E-state index is 12.5. The standard InChI is InChI=1S/C15H20F3NO2/c1-14(2,3)21-13(20)11(9-19)8-10-4-6-12(7-5-10)15(16,17)18/h4-7,11H,8-9,19H2,1-3H3/t11-/m0/s1. The van der Waals surface area contributed by atoms with Crippen LogP contribution in [0.5, 0.6) is 0 Å². The summed E-state index contributed by atoms with van der Waals surface area (Å²) in [7, 11) is 0. The molecule has 0 saturated heterocycles. The summed E-state index contributed by atoms with van der Waals surface area (Å²) in [4.78, 5) is 11.9. The molecule has 0 bridgehead atoms. The first-order valence-corrected chi connectivity index (χ1v) is 6.62. The predicted molar refractivity (Wildman–Crippen MR) is 73.5 cm³/mol. The minimum atomic E-state index is -4.36. The smallest absolute Gasteiger partial charge is 0.416 e. The first kappa shape index (κ1) is 17.5. The molecule has 1 aromatic carbocycles. The lowest BCUT2D eigenvalue weighted by Gasteiger charge is -2.23. The molecule has 1 atom stereocenters. The van der Waals surface area contributed by atoms with Crippen molar-refractivity contribution in [2.24, 2.45) is 11.7 Å². The van der Waals surface area contributed by atoms with Crippen LogP contribution in [0.2, 0.25) is 0 Å². The Balaban J connectivity index is 2.76. The van der Waals surface area contributed by atoms with Crippen LogP contribution in [0.1, 0.15) is 31.9 Å². The summed E-state index contributed by atoms with van der Waals surface area (Å²) >= 11 is 0. The number of benzene rings is 1. The molecule has 0 heterocycles. The van der Waals surface area contributed by atoms with Gasteiger partial charge in [0.05, 0.1) is 11.5 Å². The normalized spacial score (nSPS) is 13.9. The van der Waals surface area contributed by atoms with Crippen molar-refractivity contribution in [3.63, 3.8) is 0 Å². The van der Waals surface area contributed by atoms with Gasteiger partial charge in [0, 0.05) is 6.54 Å². The fourth-order valence-corrected chi connectivity index (χ4v) is 1.76. The summed E-state index contributed by atoms with van der Waals surface area (Å²) in [6, 6.07) is 4.71. The molecule has 0 unspecified atom stereocenters. The zero-order valence-electron chi connectivity index (χ0n) is 12.3. The van der Waals surface area contributed by atoms with Gasteiger partial charge in [-0.25, -0.2) is 0 Å². The number of halogens is 3. The summed E-state index contributed by atoms with van der Waals surface area (Å²) in [6.07, 6.45) is -4.11. The summed E-state index contributed by atoms with van der Waals surface area (Å²) in [5.74, 6) is -1.01. The van der Waals surface area contributed by atoms with Crippen molar-refractivity contribution in [2.75, 3.05) is 6.54 Å². The van der Waals surface area contributed by atoms with E-state index in [-0.39, 0.29) is 13.0 Å². The van der Waals surface area contributed by atoms with E-state index in [1.54, 1.807) is 20.8 Å². The number of esters is 1. The average molecular weight is 303 g/mol. The number of nitrogens with two attached hydrogens (primary N) is 1. The van der Waals surface area contributed by atoms with Gasteiger partial charge in [0.1, 0.15) is 5.60 Å². The molecule has 0 amide bonds. The van der Waals surface area contributed by atoms with Crippen molar-refractivity contribution in [3.8, 4) is 0 Å². The van der Waals surface area contributed by atoms with Gasteiger partial charge in [-0.15, -0.1) is 0 Å². The minimum absolute atomic E-state index is 0.0793. The zero-order valence-corrected chi connectivity index (χ0v) is 12.3. The zero-order chi connectivity index (χ0) is 16.3. The second-order valence-corrected chi connectivity index (χ2v) is 5.86. The Bertz CT molecular complexity index is 475. The van der Waals surface area contributed by atoms with Crippen molar-refractivity contribution in [2.45, 2.75) is 39.0 Å². The van der Waals surface area contributed by atoms with Gasteiger partial charge in [0.15, 0.2) is 0 Å². The quantitative estimate of drug-likeness (QED) is 0.869. The Morgan fingerprint density at radius 1 is 1.19 bits per heavy atom. The van der Waals surface area contributed by atoms with Crippen LogP contribution in [0.3, 0.4) is 0 Å². The molecule has 0 saturated carbocycles. The van der Waals surface area contributed by atoms with Crippen molar-refractivity contribution >= 4 is 5.97 Å². The van der Waals surface area contributed by atoms with E-state index in [4.69, 9.17) is 10.5 Å². The van der Waals surface area contributed by atoms with Gasteiger partial charge in [0.25, 0.3) is 0 Å². The van der Waals surface area contributed by atoms with Crippen molar-refractivity contribution in [1.82, 2.24) is 0 Å². The lowest BCUT2D eigenvalue weighted by molar-refractivity contribution is -0.159. The number of hydrogen-bond donors (Lipinski definition) is 1. The van der Waals surface area contributed by atoms with Crippen LogP contribution in [0.4, 0.5) is 13.2 Å². The highest BCUT2D eigenvalue weighted by molar-refractivity contribution is 5.73. The molecule has 2 N–H and O–H groups in total. The van der Waals surface area contributed by atoms with Crippen LogP contribution in [0, 0.1) is 5.92 Å². The van der Waals surface area contributed by atoms with E-state index >= 15 is 0 Å². The van der Waals surface area contributed by atoms with E-state index in [2.05, 4.69) is 0 Å². The van der Waals surface area contributed by atoms with Gasteiger partial charge in [-0.3, -0.25) is 4.79 Å². The van der Waals surface area contributed by atoms with Crippen LogP contribution < -0.4 is 5.73 Å². The second kappa shape index (κ2) is 6.47. The SMILES string of the molecule is CC(C)(C)OC(=O)[C@H](CN)Cc1ccc(C(F)(F)F)cc1. The third-order valence-corrected chi connectivity index (χ3v) is 2.79. The number of carbonyl (C=O) groups is 1. The summed E-state index contributed by atoms with van der Waals surface area (Å²) in [5.41, 5.74) is 4.84. The van der Waals surface area contributed by atoms with Crippen molar-refractivity contribution in [1.29, 1.82) is 0 Å². The van der Waals surface area contributed by atoms with Gasteiger partial charge >= 0.3 is 12.1 Å². The van der Waals surface area contributed by atoms with E-state index in [9.17, 15) is 18.0 Å². The lowest BCUT2D eigenvalue weighted by atomic mass is 9.98. The first-order valence-electron chi connectivity index (χ1n) is 6.62. The second-order valence-electron chi connectivity index (χ2n) is 5.86. The molecule has 0 aliphatic carbocycles. The fourth-order valence-electron chi connectivity index (χ4n) is 1.76. The molecule has 0 aliphatic heterocycles. The number of hydrogen-bond acceptors (Lipinski definition) is 3. The van der Waals surface area contributed by atoms with Gasteiger partial charge in [-0.2, -0.15) is 13.2 Å². The number of ether oxygens (including phenoxy) is 1. The minimum Gasteiger partial charge on any atom is -0.460 e. The fraction of sp³-hybridized carbons (Fsp3) is 0.533. The highest BCUT2D eigenvalue weighted by Gasteiger charge is 2.30. The highest BCUT2D eigenvalue weighted by Crippen LogP contribution is 2.29. The Morgan fingerprint density at radius 2 is 1.71 bits per heavy atom. The maximum Gasteiger partial charge on any atom is 0.416 e. The first-order chi connectivity index (χ1) is 9.53. The molecule has 0 aromatic heterocycles. The Kier molecular flexibility index (Phi) is 5.39. The Labute approximate surface area is 122 Å². The monoisotopic (exact) mass is 303 g/mol. The molecule has 3 nitrogen and oxygen atoms in total. The molecule has 0 radical (unpaired) electrons. The Morgan fingerprint density at radius 3 is 2.10 bits per heavy atom. The molecule has 1 aromatic rings. The molecule has 0 aliphatic rings. The van der Waals surface area contributed by atoms with Crippen molar-refractivity contribution < 1.29 is 22.7 Å². The molecule has 6 heteroatoms. The van der Waals surface area contributed by atoms with E-state index in [0.29, 0.717) is 5.56 Å². The topological polar surface area (TPSA) is 52.3 Å². The van der Waals surface area contributed by atoms with E-state index in [1.807, 2.05) is 0 Å². The third-order valence-electron chi connectivity index (χ3n) is 2.79. The summed E-state index contributed by atoms with van der Waals surface area (Å²) in [6.45, 7) is 5.32. The number of rotatable bonds is 4. The van der Waals surface area contributed by atoms with E-state index < -0.39 is 29.2 Å². The van der Waals surface area contributed by atoms with Crippen LogP contribution in [-0.2, 0) is 22.1 Å². The Hall–Kier alpha value is -1.56. The number of alkyl halides is 3. The predicted octanol–water partition coefficient (Wildman–Crippen LogP) is 3.16. The van der Waals surface area contributed by atoms with Gasteiger partial charge in [-0.05, 0) is 44.9 Å².